The number of hydrogen-bond acceptors (Lipinski definition) is 9. The fraction of sp³-hybridized carbons (Fsp3) is 0.481. The van der Waals surface area contributed by atoms with Crippen LogP contribution in [0.4, 0.5) is 5.69 Å². The number of hydrogen-bond donors (Lipinski definition) is 2. The first-order valence-corrected chi connectivity index (χ1v) is 12.6. The van der Waals surface area contributed by atoms with Gasteiger partial charge in [0.2, 0.25) is 5.96 Å². The summed E-state index contributed by atoms with van der Waals surface area (Å²) in [6.07, 6.45) is 0.972. The van der Waals surface area contributed by atoms with Crippen molar-refractivity contribution in [2.24, 2.45) is 9.98 Å². The van der Waals surface area contributed by atoms with Gasteiger partial charge < -0.3 is 14.6 Å². The Labute approximate surface area is 218 Å². The van der Waals surface area contributed by atoms with Crippen molar-refractivity contribution in [3.8, 4) is 11.5 Å². The number of carbonyl (C=O) groups excluding carboxylic acids is 1. The van der Waals surface area contributed by atoms with Crippen molar-refractivity contribution in [1.82, 2.24) is 20.1 Å². The molecule has 0 fully saturated rings. The summed E-state index contributed by atoms with van der Waals surface area (Å²) in [5.41, 5.74) is 2.43. The largest absolute Gasteiger partial charge is 0.491 e. The smallest absolute Gasteiger partial charge is 0.259 e. The van der Waals surface area contributed by atoms with Gasteiger partial charge in [0, 0.05) is 42.6 Å². The first kappa shape index (κ1) is 26.6. The summed E-state index contributed by atoms with van der Waals surface area (Å²) in [4.78, 5) is 30.8. The zero-order valence-electron chi connectivity index (χ0n) is 22.4. The second kappa shape index (κ2) is 11.3. The number of amidine groups is 1. The summed E-state index contributed by atoms with van der Waals surface area (Å²) in [6, 6.07) is 7.77. The molecule has 0 radical (unpaired) electrons. The molecule has 2 aliphatic rings. The van der Waals surface area contributed by atoms with Gasteiger partial charge in [0.25, 0.3) is 5.91 Å². The number of nitrogens with zero attached hydrogens (tertiary/aromatic N) is 5. The van der Waals surface area contributed by atoms with E-state index in [4.69, 9.17) is 14.5 Å². The Hall–Kier alpha value is -3.50. The summed E-state index contributed by atoms with van der Waals surface area (Å²) < 4.78 is 11.7. The Balaban J connectivity index is 1.59. The van der Waals surface area contributed by atoms with Gasteiger partial charge in [-0.05, 0) is 58.9 Å². The number of amides is 1. The van der Waals surface area contributed by atoms with Crippen molar-refractivity contribution >= 4 is 23.4 Å². The van der Waals surface area contributed by atoms with Crippen LogP contribution in [-0.4, -0.2) is 89.1 Å². The zero-order chi connectivity index (χ0) is 26.7. The van der Waals surface area contributed by atoms with Crippen molar-refractivity contribution in [2.75, 3.05) is 33.4 Å². The summed E-state index contributed by atoms with van der Waals surface area (Å²) in [5, 5.41) is 13.6. The van der Waals surface area contributed by atoms with E-state index in [-0.39, 0.29) is 12.5 Å². The van der Waals surface area contributed by atoms with Crippen LogP contribution in [0.25, 0.3) is 0 Å². The molecule has 1 atom stereocenters. The van der Waals surface area contributed by atoms with Gasteiger partial charge in [0.15, 0.2) is 11.5 Å². The molecule has 37 heavy (non-hydrogen) atoms. The van der Waals surface area contributed by atoms with Gasteiger partial charge in [-0.3, -0.25) is 29.9 Å². The monoisotopic (exact) mass is 508 g/mol. The van der Waals surface area contributed by atoms with Crippen molar-refractivity contribution in [2.45, 2.75) is 52.8 Å². The molecule has 10 heteroatoms. The van der Waals surface area contributed by atoms with Crippen LogP contribution >= 0.6 is 0 Å². The third kappa shape index (κ3) is 5.60. The SMILES string of the molecule is COc1c(OC[C@@H](O)CN(C(C)C)C(C)C)ccc2c1N=C(NC(=O)c1cccnc1C)N1CCN=C21. The molecule has 198 valence electrons. The number of aliphatic hydroxyl groups excluding tert-OH is 1. The number of aliphatic imine (C=N–C) groups is 2. The van der Waals surface area contributed by atoms with E-state index < -0.39 is 6.10 Å². The minimum atomic E-state index is -0.679. The highest BCUT2D eigenvalue weighted by Gasteiger charge is 2.33. The molecule has 0 saturated heterocycles. The Kier molecular flexibility index (Phi) is 8.09. The molecule has 0 saturated carbocycles. The number of fused-ring (bicyclic) bond motifs is 3. The lowest BCUT2D eigenvalue weighted by molar-refractivity contribution is 0.0439. The molecule has 10 nitrogen and oxygen atoms in total. The van der Waals surface area contributed by atoms with Crippen LogP contribution in [0.2, 0.25) is 0 Å². The molecule has 0 spiro atoms. The maximum atomic E-state index is 13.0. The number of ether oxygens (including phenoxy) is 2. The van der Waals surface area contributed by atoms with Crippen LogP contribution < -0.4 is 14.8 Å². The van der Waals surface area contributed by atoms with Crippen LogP contribution in [0.3, 0.4) is 0 Å². The Morgan fingerprint density at radius 1 is 1.22 bits per heavy atom. The van der Waals surface area contributed by atoms with Crippen LogP contribution in [0, 0.1) is 6.92 Å². The van der Waals surface area contributed by atoms with E-state index in [1.807, 2.05) is 17.0 Å². The van der Waals surface area contributed by atoms with Crippen molar-refractivity contribution < 1.29 is 19.4 Å². The molecular weight excluding hydrogens is 472 g/mol. The van der Waals surface area contributed by atoms with Crippen molar-refractivity contribution in [3.63, 3.8) is 0 Å². The standard InChI is InChI=1S/C27H36N6O4/c1-16(2)33(17(3)4)14-19(34)15-37-22-10-9-21-23(24(22)36-6)30-27(32-13-12-29-25(21)32)31-26(35)20-8-7-11-28-18(20)5/h7-11,16-17,19,34H,12-15H2,1-6H3,(H,30,31,35)/t19-/m0/s1. The van der Waals surface area contributed by atoms with Crippen LogP contribution in [0.1, 0.15) is 49.3 Å². The van der Waals surface area contributed by atoms with E-state index in [0.29, 0.717) is 66.1 Å². The van der Waals surface area contributed by atoms with Gasteiger partial charge in [-0.1, -0.05) is 0 Å². The number of aryl methyl sites for hydroxylation is 1. The number of guanidine groups is 1. The first-order chi connectivity index (χ1) is 17.7. The molecule has 4 rings (SSSR count). The topological polar surface area (TPSA) is 112 Å². The zero-order valence-corrected chi connectivity index (χ0v) is 22.4. The average Bonchev–Trinajstić information content (AvgIpc) is 3.36. The molecular formula is C27H36N6O4. The number of benzene rings is 1. The number of rotatable bonds is 9. The van der Waals surface area contributed by atoms with E-state index >= 15 is 0 Å². The molecule has 2 N–H and O–H groups in total. The number of pyridine rings is 1. The predicted molar refractivity (Wildman–Crippen MR) is 143 cm³/mol. The summed E-state index contributed by atoms with van der Waals surface area (Å²) in [7, 11) is 1.55. The lowest BCUT2D eigenvalue weighted by Gasteiger charge is -2.32. The minimum Gasteiger partial charge on any atom is -0.491 e. The summed E-state index contributed by atoms with van der Waals surface area (Å²) in [5.74, 6) is 1.68. The van der Waals surface area contributed by atoms with E-state index in [2.05, 4.69) is 47.9 Å². The van der Waals surface area contributed by atoms with Gasteiger partial charge in [-0.2, -0.15) is 0 Å². The molecule has 2 aliphatic heterocycles. The fourth-order valence-corrected chi connectivity index (χ4v) is 4.69. The Bertz CT molecular complexity index is 1200. The highest BCUT2D eigenvalue weighted by molar-refractivity contribution is 6.20. The number of aliphatic hydroxyl groups is 1. The van der Waals surface area contributed by atoms with Crippen molar-refractivity contribution in [1.29, 1.82) is 0 Å². The fourth-order valence-electron chi connectivity index (χ4n) is 4.69. The second-order valence-electron chi connectivity index (χ2n) is 9.73. The normalized spacial score (nSPS) is 15.4. The summed E-state index contributed by atoms with van der Waals surface area (Å²) in [6.45, 7) is 12.0. The maximum Gasteiger partial charge on any atom is 0.259 e. The highest BCUT2D eigenvalue weighted by atomic mass is 16.5. The molecule has 3 heterocycles. The first-order valence-electron chi connectivity index (χ1n) is 12.6. The number of methoxy groups -OCH3 is 1. The van der Waals surface area contributed by atoms with E-state index in [9.17, 15) is 9.90 Å². The molecule has 1 amide bonds. The summed E-state index contributed by atoms with van der Waals surface area (Å²) >= 11 is 0. The van der Waals surface area contributed by atoms with Crippen LogP contribution in [-0.2, 0) is 0 Å². The van der Waals surface area contributed by atoms with Crippen LogP contribution in [0.5, 0.6) is 11.5 Å². The van der Waals surface area contributed by atoms with E-state index in [0.717, 1.165) is 11.4 Å². The quantitative estimate of drug-likeness (QED) is 0.536. The second-order valence-corrected chi connectivity index (χ2v) is 9.73. The van der Waals surface area contributed by atoms with Gasteiger partial charge in [0.05, 0.1) is 19.2 Å². The Morgan fingerprint density at radius 2 is 1.97 bits per heavy atom. The number of carbonyl (C=O) groups is 1. The molecule has 2 aromatic rings. The van der Waals surface area contributed by atoms with Crippen molar-refractivity contribution in [3.05, 3.63) is 47.3 Å². The molecule has 1 aromatic heterocycles. The third-order valence-electron chi connectivity index (χ3n) is 6.51. The van der Waals surface area contributed by atoms with E-state index in [1.54, 1.807) is 32.4 Å². The Morgan fingerprint density at radius 3 is 2.65 bits per heavy atom. The predicted octanol–water partition coefficient (Wildman–Crippen LogP) is 2.75. The van der Waals surface area contributed by atoms with Gasteiger partial charge >= 0.3 is 0 Å². The maximum absolute atomic E-state index is 13.0. The molecule has 0 unspecified atom stereocenters. The molecule has 0 bridgehead atoms. The lowest BCUT2D eigenvalue weighted by atomic mass is 10.1. The lowest BCUT2D eigenvalue weighted by Crippen LogP contribution is -2.47. The van der Waals surface area contributed by atoms with Gasteiger partial charge in [-0.15, -0.1) is 0 Å². The molecule has 1 aromatic carbocycles. The number of nitrogens with one attached hydrogen (secondary N) is 1. The van der Waals surface area contributed by atoms with Gasteiger partial charge in [-0.25, -0.2) is 4.99 Å². The highest BCUT2D eigenvalue weighted by Crippen LogP contribution is 2.43. The minimum absolute atomic E-state index is 0.103. The molecule has 0 aliphatic carbocycles. The van der Waals surface area contributed by atoms with Gasteiger partial charge in [0.1, 0.15) is 24.2 Å². The van der Waals surface area contributed by atoms with Crippen LogP contribution in [0.15, 0.2) is 40.4 Å². The third-order valence-corrected chi connectivity index (χ3v) is 6.51. The van der Waals surface area contributed by atoms with E-state index in [1.165, 1.54) is 0 Å². The number of aromatic nitrogens is 1. The average molecular weight is 509 g/mol.